The van der Waals surface area contributed by atoms with E-state index in [0.29, 0.717) is 17.6 Å². The van der Waals surface area contributed by atoms with Gasteiger partial charge in [0.05, 0.1) is 16.9 Å². The lowest BCUT2D eigenvalue weighted by Crippen LogP contribution is -2.35. The lowest BCUT2D eigenvalue weighted by atomic mass is 9.91. The van der Waals surface area contributed by atoms with Gasteiger partial charge in [0.2, 0.25) is 0 Å². The summed E-state index contributed by atoms with van der Waals surface area (Å²) in [6, 6.07) is 5.36. The second-order valence-corrected chi connectivity index (χ2v) is 5.36. The fraction of sp³-hybridized carbons (Fsp3) is 0.600. The number of aryl methyl sites for hydroxylation is 2. The zero-order valence-electron chi connectivity index (χ0n) is 12.0. The van der Waals surface area contributed by atoms with Crippen molar-refractivity contribution in [2.75, 3.05) is 12.4 Å². The summed E-state index contributed by atoms with van der Waals surface area (Å²) in [5, 5.41) is 16.1. The summed E-state index contributed by atoms with van der Waals surface area (Å²) in [6.07, 6.45) is 4.69. The van der Waals surface area contributed by atoms with E-state index in [1.165, 1.54) is 12.8 Å². The van der Waals surface area contributed by atoms with E-state index in [4.69, 9.17) is 0 Å². The minimum Gasteiger partial charge on any atom is -0.381 e. The van der Waals surface area contributed by atoms with Crippen molar-refractivity contribution in [2.24, 2.45) is 0 Å². The van der Waals surface area contributed by atoms with E-state index in [1.54, 1.807) is 0 Å². The maximum atomic E-state index is 9.26. The van der Waals surface area contributed by atoms with Crippen molar-refractivity contribution in [3.8, 4) is 6.07 Å². The van der Waals surface area contributed by atoms with Gasteiger partial charge in [-0.3, -0.25) is 4.98 Å². The Morgan fingerprint density at radius 1 is 1.21 bits per heavy atom. The first-order valence-corrected chi connectivity index (χ1v) is 6.96. The highest BCUT2D eigenvalue weighted by atomic mass is 14.9. The molecule has 2 rings (SSSR count). The Morgan fingerprint density at radius 2 is 1.84 bits per heavy atom. The summed E-state index contributed by atoms with van der Waals surface area (Å²) in [6.45, 7) is 3.87. The number of anilines is 1. The normalized spacial score (nSPS) is 22.8. The molecular formula is C15H22N4. The van der Waals surface area contributed by atoms with Crippen LogP contribution >= 0.6 is 0 Å². The molecule has 0 radical (unpaired) electrons. The number of nitrogens with one attached hydrogen (secondary N) is 2. The number of hydrogen-bond acceptors (Lipinski definition) is 4. The van der Waals surface area contributed by atoms with Gasteiger partial charge >= 0.3 is 0 Å². The average molecular weight is 258 g/mol. The van der Waals surface area contributed by atoms with Gasteiger partial charge in [-0.25, -0.2) is 0 Å². The Bertz CT molecular complexity index is 482. The average Bonchev–Trinajstić information content (AvgIpc) is 2.39. The second kappa shape index (κ2) is 6.03. The minimum atomic E-state index is 0.470. The van der Waals surface area contributed by atoms with E-state index in [2.05, 4.69) is 21.7 Å². The fourth-order valence-electron chi connectivity index (χ4n) is 2.83. The first kappa shape index (κ1) is 13.8. The van der Waals surface area contributed by atoms with Gasteiger partial charge in [0, 0.05) is 17.8 Å². The molecular weight excluding hydrogens is 236 g/mol. The number of aromatic nitrogens is 1. The van der Waals surface area contributed by atoms with Crippen molar-refractivity contribution < 1.29 is 0 Å². The topological polar surface area (TPSA) is 60.7 Å². The van der Waals surface area contributed by atoms with Gasteiger partial charge in [-0.15, -0.1) is 0 Å². The Kier molecular flexibility index (Phi) is 4.39. The van der Waals surface area contributed by atoms with E-state index in [0.717, 1.165) is 29.9 Å². The van der Waals surface area contributed by atoms with Crippen molar-refractivity contribution in [3.05, 3.63) is 23.0 Å². The van der Waals surface area contributed by atoms with Crippen LogP contribution in [0.15, 0.2) is 6.07 Å². The Morgan fingerprint density at radius 3 is 2.42 bits per heavy atom. The van der Waals surface area contributed by atoms with Crippen LogP contribution in [0.4, 0.5) is 5.69 Å². The van der Waals surface area contributed by atoms with Gasteiger partial charge in [-0.1, -0.05) is 0 Å². The molecule has 0 unspecified atom stereocenters. The zero-order chi connectivity index (χ0) is 13.8. The lowest BCUT2D eigenvalue weighted by molar-refractivity contribution is 0.371. The van der Waals surface area contributed by atoms with E-state index >= 15 is 0 Å². The highest BCUT2D eigenvalue weighted by molar-refractivity contribution is 5.60. The predicted octanol–water partition coefficient (Wildman–Crippen LogP) is 2.51. The van der Waals surface area contributed by atoms with Crippen LogP contribution in [0.3, 0.4) is 0 Å². The van der Waals surface area contributed by atoms with Gasteiger partial charge in [0.1, 0.15) is 6.07 Å². The van der Waals surface area contributed by atoms with Crippen LogP contribution in [0.2, 0.25) is 0 Å². The summed E-state index contributed by atoms with van der Waals surface area (Å²) in [4.78, 5) is 4.35. The van der Waals surface area contributed by atoms with Crippen LogP contribution in [0, 0.1) is 25.2 Å². The maximum Gasteiger partial charge on any atom is 0.103 e. The molecule has 0 atom stereocenters. The van der Waals surface area contributed by atoms with Crippen LogP contribution < -0.4 is 10.6 Å². The molecule has 1 aromatic heterocycles. The molecule has 0 aromatic carbocycles. The third-order valence-corrected chi connectivity index (χ3v) is 3.94. The number of rotatable bonds is 3. The van der Waals surface area contributed by atoms with Gasteiger partial charge in [0.15, 0.2) is 0 Å². The third-order valence-electron chi connectivity index (χ3n) is 3.94. The molecule has 102 valence electrons. The number of nitrogens with zero attached hydrogens (tertiary/aromatic N) is 2. The Balaban J connectivity index is 2.10. The second-order valence-electron chi connectivity index (χ2n) is 5.36. The number of nitriles is 1. The molecule has 1 fully saturated rings. The summed E-state index contributed by atoms with van der Waals surface area (Å²) in [5.74, 6) is 0. The van der Waals surface area contributed by atoms with Crippen molar-refractivity contribution in [1.29, 1.82) is 5.26 Å². The Labute approximate surface area is 115 Å². The molecule has 0 amide bonds. The molecule has 1 aromatic rings. The van der Waals surface area contributed by atoms with E-state index in [1.807, 2.05) is 27.0 Å². The zero-order valence-corrected chi connectivity index (χ0v) is 12.0. The number of pyridine rings is 1. The lowest BCUT2D eigenvalue weighted by Gasteiger charge is -2.30. The first-order valence-electron chi connectivity index (χ1n) is 6.96. The molecule has 0 spiro atoms. The van der Waals surface area contributed by atoms with Crippen molar-refractivity contribution in [1.82, 2.24) is 10.3 Å². The summed E-state index contributed by atoms with van der Waals surface area (Å²) < 4.78 is 0. The van der Waals surface area contributed by atoms with Crippen molar-refractivity contribution >= 4 is 5.69 Å². The molecule has 1 saturated carbocycles. The standard InChI is InChI=1S/C15H22N4/c1-10-8-15(14(9-16)11(2)18-10)19-13-6-4-12(17-3)5-7-13/h8,12-13,17H,4-7H2,1-3H3,(H,18,19). The van der Waals surface area contributed by atoms with Crippen molar-refractivity contribution in [3.63, 3.8) is 0 Å². The molecule has 4 nitrogen and oxygen atoms in total. The van der Waals surface area contributed by atoms with Gasteiger partial charge in [-0.2, -0.15) is 5.26 Å². The smallest absolute Gasteiger partial charge is 0.103 e. The molecule has 1 heterocycles. The largest absolute Gasteiger partial charge is 0.381 e. The molecule has 19 heavy (non-hydrogen) atoms. The minimum absolute atomic E-state index is 0.470. The fourth-order valence-corrected chi connectivity index (χ4v) is 2.83. The molecule has 0 bridgehead atoms. The molecule has 1 aliphatic carbocycles. The highest BCUT2D eigenvalue weighted by Crippen LogP contribution is 2.25. The Hall–Kier alpha value is -1.60. The van der Waals surface area contributed by atoms with E-state index < -0.39 is 0 Å². The summed E-state index contributed by atoms with van der Waals surface area (Å²) >= 11 is 0. The van der Waals surface area contributed by atoms with Crippen LogP contribution in [-0.2, 0) is 0 Å². The van der Waals surface area contributed by atoms with Crippen LogP contribution in [0.25, 0.3) is 0 Å². The summed E-state index contributed by atoms with van der Waals surface area (Å²) in [7, 11) is 2.03. The van der Waals surface area contributed by atoms with E-state index in [9.17, 15) is 5.26 Å². The van der Waals surface area contributed by atoms with Crippen molar-refractivity contribution in [2.45, 2.75) is 51.6 Å². The molecule has 2 N–H and O–H groups in total. The molecule has 1 aliphatic rings. The quantitative estimate of drug-likeness (QED) is 0.874. The molecule has 0 saturated heterocycles. The molecule has 4 heteroatoms. The van der Waals surface area contributed by atoms with Gasteiger partial charge in [-0.05, 0) is 52.6 Å². The van der Waals surface area contributed by atoms with Crippen LogP contribution in [-0.4, -0.2) is 24.1 Å². The maximum absolute atomic E-state index is 9.26. The SMILES string of the molecule is CNC1CCC(Nc2cc(C)nc(C)c2C#N)CC1. The first-order chi connectivity index (χ1) is 9.13. The number of hydrogen-bond donors (Lipinski definition) is 2. The predicted molar refractivity (Wildman–Crippen MR) is 77.2 cm³/mol. The molecule has 0 aliphatic heterocycles. The van der Waals surface area contributed by atoms with Crippen LogP contribution in [0.1, 0.15) is 42.6 Å². The highest BCUT2D eigenvalue weighted by Gasteiger charge is 2.21. The third kappa shape index (κ3) is 3.24. The van der Waals surface area contributed by atoms with Crippen LogP contribution in [0.5, 0.6) is 0 Å². The van der Waals surface area contributed by atoms with Gasteiger partial charge < -0.3 is 10.6 Å². The van der Waals surface area contributed by atoms with Gasteiger partial charge in [0.25, 0.3) is 0 Å². The monoisotopic (exact) mass is 258 g/mol. The summed E-state index contributed by atoms with van der Waals surface area (Å²) in [5.41, 5.74) is 3.40. The van der Waals surface area contributed by atoms with E-state index in [-0.39, 0.29) is 0 Å².